The normalized spacial score (nSPS) is 11.8. The molecule has 0 saturated heterocycles. The van der Waals surface area contributed by atoms with Crippen LogP contribution in [0.1, 0.15) is 25.6 Å². The number of aryl methyl sites for hydroxylation is 1. The molecule has 1 heterocycles. The fourth-order valence-corrected chi connectivity index (χ4v) is 3.12. The van der Waals surface area contributed by atoms with E-state index in [1.807, 2.05) is 6.92 Å². The highest BCUT2D eigenvalue weighted by molar-refractivity contribution is 7.90. The fraction of sp³-hybridized carbons (Fsp3) is 0.417. The number of hydrogen-bond acceptors (Lipinski definition) is 5. The molecule has 0 aliphatic carbocycles. The molecular formula is C12H14ClFN4O2S. The van der Waals surface area contributed by atoms with Crippen LogP contribution in [0.5, 0.6) is 0 Å². The van der Waals surface area contributed by atoms with E-state index in [4.69, 9.17) is 11.6 Å². The van der Waals surface area contributed by atoms with Crippen LogP contribution in [0.2, 0.25) is 5.02 Å². The summed E-state index contributed by atoms with van der Waals surface area (Å²) in [5.41, 5.74) is 0. The molecule has 2 aromatic rings. The molecule has 0 bridgehead atoms. The highest BCUT2D eigenvalue weighted by Crippen LogP contribution is 2.21. The Balaban J connectivity index is 2.25. The predicted molar refractivity (Wildman–Crippen MR) is 75.0 cm³/mol. The van der Waals surface area contributed by atoms with Crippen LogP contribution in [0.3, 0.4) is 0 Å². The molecule has 0 fully saturated rings. The van der Waals surface area contributed by atoms with Crippen molar-refractivity contribution in [3.63, 3.8) is 0 Å². The van der Waals surface area contributed by atoms with Crippen molar-refractivity contribution in [3.05, 3.63) is 34.9 Å². The van der Waals surface area contributed by atoms with Crippen molar-refractivity contribution in [1.82, 2.24) is 20.2 Å². The smallest absolute Gasteiger partial charge is 0.185 e. The number of rotatable bonds is 6. The number of hydrogen-bond donors (Lipinski definition) is 0. The SMILES string of the molecule is CCCCn1nnnc1CS(=O)(=O)c1ccc(Cl)c(F)c1. The lowest BCUT2D eigenvalue weighted by Gasteiger charge is -2.06. The average molecular weight is 333 g/mol. The van der Waals surface area contributed by atoms with Crippen LogP contribution in [0.25, 0.3) is 0 Å². The third kappa shape index (κ3) is 3.76. The highest BCUT2D eigenvalue weighted by Gasteiger charge is 2.21. The van der Waals surface area contributed by atoms with Crippen molar-refractivity contribution in [1.29, 1.82) is 0 Å². The molecule has 0 amide bonds. The zero-order valence-corrected chi connectivity index (χ0v) is 12.9. The molecule has 1 aromatic heterocycles. The molecule has 6 nitrogen and oxygen atoms in total. The van der Waals surface area contributed by atoms with Crippen LogP contribution in [0, 0.1) is 5.82 Å². The Morgan fingerprint density at radius 1 is 1.38 bits per heavy atom. The molecular weight excluding hydrogens is 319 g/mol. The Morgan fingerprint density at radius 3 is 2.81 bits per heavy atom. The van der Waals surface area contributed by atoms with Crippen LogP contribution in [0.15, 0.2) is 23.1 Å². The fourth-order valence-electron chi connectivity index (χ4n) is 1.73. The summed E-state index contributed by atoms with van der Waals surface area (Å²) in [6, 6.07) is 3.38. The largest absolute Gasteiger partial charge is 0.229 e. The van der Waals surface area contributed by atoms with Crippen molar-refractivity contribution in [2.24, 2.45) is 0 Å². The summed E-state index contributed by atoms with van der Waals surface area (Å²) >= 11 is 5.55. The summed E-state index contributed by atoms with van der Waals surface area (Å²) in [6.07, 6.45) is 1.78. The van der Waals surface area contributed by atoms with E-state index in [0.717, 1.165) is 18.9 Å². The molecule has 114 valence electrons. The van der Waals surface area contributed by atoms with Crippen molar-refractivity contribution in [2.75, 3.05) is 0 Å². The van der Waals surface area contributed by atoms with Crippen LogP contribution in [0.4, 0.5) is 4.39 Å². The molecule has 0 unspecified atom stereocenters. The minimum atomic E-state index is -3.73. The Labute approximate surface area is 126 Å². The van der Waals surface area contributed by atoms with E-state index >= 15 is 0 Å². The van der Waals surface area contributed by atoms with E-state index in [9.17, 15) is 12.8 Å². The standard InChI is InChI=1S/C12H14ClFN4O2S/c1-2-3-6-18-12(15-16-17-18)8-21(19,20)9-4-5-10(13)11(14)7-9/h4-5,7H,2-3,6,8H2,1H3. The minimum absolute atomic E-state index is 0.123. The van der Waals surface area contributed by atoms with Crippen molar-refractivity contribution < 1.29 is 12.8 Å². The quantitative estimate of drug-likeness (QED) is 0.810. The van der Waals surface area contributed by atoms with Crippen molar-refractivity contribution >= 4 is 21.4 Å². The third-order valence-corrected chi connectivity index (χ3v) is 4.82. The van der Waals surface area contributed by atoms with Gasteiger partial charge in [-0.05, 0) is 35.0 Å². The molecule has 0 radical (unpaired) electrons. The second-order valence-electron chi connectivity index (χ2n) is 4.51. The minimum Gasteiger partial charge on any atom is -0.229 e. The maximum atomic E-state index is 13.4. The summed E-state index contributed by atoms with van der Waals surface area (Å²) in [4.78, 5) is -0.144. The Kier molecular flexibility index (Phi) is 4.89. The summed E-state index contributed by atoms with van der Waals surface area (Å²) in [5.74, 6) is -0.924. The summed E-state index contributed by atoms with van der Waals surface area (Å²) in [6.45, 7) is 2.56. The Bertz CT molecular complexity index is 733. The first-order valence-electron chi connectivity index (χ1n) is 6.37. The van der Waals surface area contributed by atoms with Gasteiger partial charge in [0.05, 0.1) is 9.92 Å². The van der Waals surface area contributed by atoms with Gasteiger partial charge in [-0.2, -0.15) is 0 Å². The number of halogens is 2. The van der Waals surface area contributed by atoms with Gasteiger partial charge < -0.3 is 0 Å². The number of tetrazole rings is 1. The van der Waals surface area contributed by atoms with Gasteiger partial charge in [-0.3, -0.25) is 0 Å². The number of nitrogens with zero attached hydrogens (tertiary/aromatic N) is 4. The predicted octanol–water partition coefficient (Wildman–Crippen LogP) is 2.24. The highest BCUT2D eigenvalue weighted by atomic mass is 35.5. The second kappa shape index (κ2) is 6.48. The first-order chi connectivity index (χ1) is 9.94. The van der Waals surface area contributed by atoms with Gasteiger partial charge in [0.25, 0.3) is 0 Å². The lowest BCUT2D eigenvalue weighted by Crippen LogP contribution is -2.12. The molecule has 0 atom stereocenters. The van der Waals surface area contributed by atoms with E-state index in [1.54, 1.807) is 0 Å². The topological polar surface area (TPSA) is 77.7 Å². The number of aromatic nitrogens is 4. The van der Waals surface area contributed by atoms with Gasteiger partial charge in [-0.15, -0.1) is 5.10 Å². The van der Waals surface area contributed by atoms with Gasteiger partial charge in [-0.25, -0.2) is 17.5 Å². The molecule has 21 heavy (non-hydrogen) atoms. The van der Waals surface area contributed by atoms with E-state index in [2.05, 4.69) is 15.5 Å². The van der Waals surface area contributed by atoms with Gasteiger partial charge in [0.15, 0.2) is 15.7 Å². The molecule has 9 heteroatoms. The van der Waals surface area contributed by atoms with Crippen LogP contribution < -0.4 is 0 Å². The third-order valence-electron chi connectivity index (χ3n) is 2.90. The van der Waals surface area contributed by atoms with Gasteiger partial charge in [0, 0.05) is 6.54 Å². The molecule has 0 aliphatic heterocycles. The first kappa shape index (κ1) is 15.8. The Hall–Kier alpha value is -1.54. The molecule has 0 spiro atoms. The number of benzene rings is 1. The van der Waals surface area contributed by atoms with Crippen LogP contribution in [-0.2, 0) is 22.1 Å². The van der Waals surface area contributed by atoms with E-state index in [1.165, 1.54) is 16.8 Å². The molecule has 0 aliphatic rings. The summed E-state index contributed by atoms with van der Waals surface area (Å²) in [5, 5.41) is 10.8. The molecule has 2 rings (SSSR count). The van der Waals surface area contributed by atoms with Crippen LogP contribution >= 0.6 is 11.6 Å². The zero-order valence-electron chi connectivity index (χ0n) is 11.3. The zero-order chi connectivity index (χ0) is 15.5. The molecule has 0 N–H and O–H groups in total. The lowest BCUT2D eigenvalue weighted by molar-refractivity contribution is 0.535. The maximum absolute atomic E-state index is 13.4. The summed E-state index contributed by atoms with van der Waals surface area (Å²) in [7, 11) is -3.73. The Morgan fingerprint density at radius 2 is 2.14 bits per heavy atom. The molecule has 0 saturated carbocycles. The average Bonchev–Trinajstić information content (AvgIpc) is 2.86. The lowest BCUT2D eigenvalue weighted by atomic mass is 10.3. The van der Waals surface area contributed by atoms with Gasteiger partial charge >= 0.3 is 0 Å². The number of sulfone groups is 1. The van der Waals surface area contributed by atoms with E-state index in [-0.39, 0.29) is 21.5 Å². The monoisotopic (exact) mass is 332 g/mol. The van der Waals surface area contributed by atoms with E-state index in [0.29, 0.717) is 6.54 Å². The summed E-state index contributed by atoms with van der Waals surface area (Å²) < 4.78 is 39.4. The number of unbranched alkanes of at least 4 members (excludes halogenated alkanes) is 1. The van der Waals surface area contributed by atoms with Gasteiger partial charge in [-0.1, -0.05) is 24.9 Å². The second-order valence-corrected chi connectivity index (χ2v) is 6.90. The van der Waals surface area contributed by atoms with Gasteiger partial charge in [0.1, 0.15) is 11.6 Å². The van der Waals surface area contributed by atoms with Crippen molar-refractivity contribution in [2.45, 2.75) is 37.0 Å². The molecule has 1 aromatic carbocycles. The first-order valence-corrected chi connectivity index (χ1v) is 8.40. The van der Waals surface area contributed by atoms with Gasteiger partial charge in [0.2, 0.25) is 0 Å². The van der Waals surface area contributed by atoms with Crippen LogP contribution in [-0.4, -0.2) is 28.6 Å². The van der Waals surface area contributed by atoms with E-state index < -0.39 is 15.7 Å². The van der Waals surface area contributed by atoms with Crippen molar-refractivity contribution in [3.8, 4) is 0 Å². The maximum Gasteiger partial charge on any atom is 0.185 e.